The van der Waals surface area contributed by atoms with Crippen molar-refractivity contribution in [2.24, 2.45) is 0 Å². The SMILES string of the molecule is COc1cnc(-c2ccccn2)nc1Oc1cc(Cl)cc(Cl)c1. The van der Waals surface area contributed by atoms with Gasteiger partial charge >= 0.3 is 0 Å². The van der Waals surface area contributed by atoms with Gasteiger partial charge < -0.3 is 9.47 Å². The Labute approximate surface area is 142 Å². The number of benzene rings is 1. The largest absolute Gasteiger partial charge is 0.490 e. The molecule has 0 N–H and O–H groups in total. The topological polar surface area (TPSA) is 57.1 Å². The normalized spacial score (nSPS) is 10.4. The molecule has 0 saturated carbocycles. The maximum absolute atomic E-state index is 5.98. The lowest BCUT2D eigenvalue weighted by Crippen LogP contribution is -1.98. The minimum Gasteiger partial charge on any atom is -0.490 e. The first kappa shape index (κ1) is 15.5. The summed E-state index contributed by atoms with van der Waals surface area (Å²) < 4.78 is 11.0. The lowest BCUT2D eigenvalue weighted by atomic mass is 10.3. The van der Waals surface area contributed by atoms with Crippen molar-refractivity contribution in [3.8, 4) is 28.9 Å². The van der Waals surface area contributed by atoms with Crippen molar-refractivity contribution in [3.63, 3.8) is 0 Å². The zero-order valence-corrected chi connectivity index (χ0v) is 13.5. The van der Waals surface area contributed by atoms with Crippen LogP contribution in [0.3, 0.4) is 0 Å². The number of hydrogen-bond donors (Lipinski definition) is 0. The molecule has 116 valence electrons. The van der Waals surface area contributed by atoms with Gasteiger partial charge in [0.1, 0.15) is 11.4 Å². The molecule has 5 nitrogen and oxygen atoms in total. The third-order valence-electron chi connectivity index (χ3n) is 2.89. The van der Waals surface area contributed by atoms with E-state index in [4.69, 9.17) is 32.7 Å². The van der Waals surface area contributed by atoms with Crippen LogP contribution in [0.25, 0.3) is 11.5 Å². The first-order chi connectivity index (χ1) is 11.2. The summed E-state index contributed by atoms with van der Waals surface area (Å²) in [6, 6.07) is 10.4. The van der Waals surface area contributed by atoms with Crippen molar-refractivity contribution >= 4 is 23.2 Å². The molecule has 0 saturated heterocycles. The Bertz CT molecular complexity index is 809. The predicted molar refractivity (Wildman–Crippen MR) is 88.4 cm³/mol. The maximum atomic E-state index is 5.98. The summed E-state index contributed by atoms with van der Waals surface area (Å²) >= 11 is 12.0. The van der Waals surface area contributed by atoms with Crippen LogP contribution in [0.5, 0.6) is 17.4 Å². The van der Waals surface area contributed by atoms with Gasteiger partial charge in [0.2, 0.25) is 0 Å². The molecule has 3 rings (SSSR count). The molecular formula is C16H11Cl2N3O2. The number of halogens is 2. The fourth-order valence-corrected chi connectivity index (χ4v) is 2.39. The molecule has 0 unspecified atom stereocenters. The minimum absolute atomic E-state index is 0.251. The molecule has 0 fully saturated rings. The van der Waals surface area contributed by atoms with Gasteiger partial charge in [-0.1, -0.05) is 29.3 Å². The lowest BCUT2D eigenvalue weighted by Gasteiger charge is -2.10. The van der Waals surface area contributed by atoms with Gasteiger partial charge in [0.15, 0.2) is 11.6 Å². The zero-order valence-electron chi connectivity index (χ0n) is 12.0. The standard InChI is InChI=1S/C16H11Cl2N3O2/c1-22-14-9-20-15(13-4-2-3-5-19-13)21-16(14)23-12-7-10(17)6-11(18)8-12/h2-9H,1H3. The number of nitrogens with zero attached hydrogens (tertiary/aromatic N) is 3. The summed E-state index contributed by atoms with van der Waals surface area (Å²) in [5.74, 6) is 1.52. The highest BCUT2D eigenvalue weighted by atomic mass is 35.5. The van der Waals surface area contributed by atoms with E-state index in [0.29, 0.717) is 33.1 Å². The van der Waals surface area contributed by atoms with Gasteiger partial charge in [-0.15, -0.1) is 0 Å². The number of pyridine rings is 1. The van der Waals surface area contributed by atoms with E-state index in [1.165, 1.54) is 13.3 Å². The number of hydrogen-bond acceptors (Lipinski definition) is 5. The second-order valence-corrected chi connectivity index (χ2v) is 5.36. The van der Waals surface area contributed by atoms with E-state index in [9.17, 15) is 0 Å². The third kappa shape index (κ3) is 3.70. The molecule has 0 amide bonds. The Hall–Kier alpha value is -2.37. The van der Waals surface area contributed by atoms with Gasteiger partial charge in [-0.2, -0.15) is 4.98 Å². The number of methoxy groups -OCH3 is 1. The molecule has 23 heavy (non-hydrogen) atoms. The molecule has 1 aromatic carbocycles. The van der Waals surface area contributed by atoms with Crippen LogP contribution in [0.1, 0.15) is 0 Å². The highest BCUT2D eigenvalue weighted by molar-refractivity contribution is 6.34. The van der Waals surface area contributed by atoms with E-state index >= 15 is 0 Å². The zero-order chi connectivity index (χ0) is 16.2. The van der Waals surface area contributed by atoms with Crippen LogP contribution in [0.15, 0.2) is 48.8 Å². The van der Waals surface area contributed by atoms with Crippen LogP contribution < -0.4 is 9.47 Å². The lowest BCUT2D eigenvalue weighted by molar-refractivity contribution is 0.367. The summed E-state index contributed by atoms with van der Waals surface area (Å²) in [7, 11) is 1.51. The highest BCUT2D eigenvalue weighted by Gasteiger charge is 2.13. The highest BCUT2D eigenvalue weighted by Crippen LogP contribution is 2.33. The quantitative estimate of drug-likeness (QED) is 0.687. The van der Waals surface area contributed by atoms with Crippen LogP contribution in [0.4, 0.5) is 0 Å². The summed E-state index contributed by atoms with van der Waals surface area (Å²) in [5, 5.41) is 0.927. The second kappa shape index (κ2) is 6.81. The van der Waals surface area contributed by atoms with Gasteiger partial charge in [0, 0.05) is 16.2 Å². The van der Waals surface area contributed by atoms with E-state index in [-0.39, 0.29) is 5.88 Å². The van der Waals surface area contributed by atoms with Gasteiger partial charge in [-0.3, -0.25) is 4.98 Å². The van der Waals surface area contributed by atoms with Crippen molar-refractivity contribution in [1.29, 1.82) is 0 Å². The number of rotatable bonds is 4. The maximum Gasteiger partial charge on any atom is 0.266 e. The van der Waals surface area contributed by atoms with Gasteiger partial charge in [-0.05, 0) is 30.3 Å². The molecule has 7 heteroatoms. The van der Waals surface area contributed by atoms with Crippen LogP contribution in [-0.4, -0.2) is 22.1 Å². The molecule has 0 atom stereocenters. The van der Waals surface area contributed by atoms with E-state index in [2.05, 4.69) is 15.0 Å². The second-order valence-electron chi connectivity index (χ2n) is 4.49. The summed E-state index contributed by atoms with van der Waals surface area (Å²) in [4.78, 5) is 12.8. The molecule has 0 bridgehead atoms. The Balaban J connectivity index is 1.99. The van der Waals surface area contributed by atoms with Crippen molar-refractivity contribution in [2.75, 3.05) is 7.11 Å². The van der Waals surface area contributed by atoms with Gasteiger partial charge in [-0.25, -0.2) is 4.98 Å². The van der Waals surface area contributed by atoms with E-state index < -0.39 is 0 Å². The Kier molecular flexibility index (Phi) is 4.60. The smallest absolute Gasteiger partial charge is 0.266 e. The predicted octanol–water partition coefficient (Wildman–Crippen LogP) is 4.65. The molecule has 2 heterocycles. The average Bonchev–Trinajstić information content (AvgIpc) is 2.54. The van der Waals surface area contributed by atoms with Crippen LogP contribution in [0.2, 0.25) is 10.0 Å². The molecule has 0 aliphatic heterocycles. The number of ether oxygens (including phenoxy) is 2. The monoisotopic (exact) mass is 347 g/mol. The summed E-state index contributed by atoms with van der Waals surface area (Å²) in [6.45, 7) is 0. The Morgan fingerprint density at radius 3 is 2.43 bits per heavy atom. The third-order valence-corrected chi connectivity index (χ3v) is 3.32. The molecule has 3 aromatic rings. The van der Waals surface area contributed by atoms with Crippen LogP contribution >= 0.6 is 23.2 Å². The molecule has 0 radical (unpaired) electrons. The molecule has 0 spiro atoms. The Morgan fingerprint density at radius 1 is 1.00 bits per heavy atom. The number of aromatic nitrogens is 3. The van der Waals surface area contributed by atoms with Crippen molar-refractivity contribution in [2.45, 2.75) is 0 Å². The Morgan fingerprint density at radius 2 is 1.78 bits per heavy atom. The summed E-state index contributed by atoms with van der Waals surface area (Å²) in [5.41, 5.74) is 0.629. The molecule has 0 aliphatic rings. The molecular weight excluding hydrogens is 337 g/mol. The van der Waals surface area contributed by atoms with E-state index in [1.807, 2.05) is 18.2 Å². The van der Waals surface area contributed by atoms with Gasteiger partial charge in [0.05, 0.1) is 13.3 Å². The van der Waals surface area contributed by atoms with E-state index in [0.717, 1.165) is 0 Å². The van der Waals surface area contributed by atoms with E-state index in [1.54, 1.807) is 24.4 Å². The van der Waals surface area contributed by atoms with Gasteiger partial charge in [0.25, 0.3) is 5.88 Å². The minimum atomic E-state index is 0.251. The first-order valence-corrected chi connectivity index (χ1v) is 7.37. The van der Waals surface area contributed by atoms with Crippen molar-refractivity contribution in [1.82, 2.24) is 15.0 Å². The molecule has 2 aromatic heterocycles. The summed E-state index contributed by atoms with van der Waals surface area (Å²) in [6.07, 6.45) is 3.19. The van der Waals surface area contributed by atoms with Crippen LogP contribution in [-0.2, 0) is 0 Å². The van der Waals surface area contributed by atoms with Crippen molar-refractivity contribution < 1.29 is 9.47 Å². The first-order valence-electron chi connectivity index (χ1n) is 6.62. The molecule has 0 aliphatic carbocycles. The van der Waals surface area contributed by atoms with Crippen LogP contribution in [0, 0.1) is 0 Å². The van der Waals surface area contributed by atoms with Crippen molar-refractivity contribution in [3.05, 3.63) is 58.8 Å². The average molecular weight is 348 g/mol. The fourth-order valence-electron chi connectivity index (χ4n) is 1.89. The fraction of sp³-hybridized carbons (Fsp3) is 0.0625.